The molecular weight excluding hydrogens is 393 g/mol. The summed E-state index contributed by atoms with van der Waals surface area (Å²) >= 11 is 0. The van der Waals surface area contributed by atoms with Crippen molar-refractivity contribution in [2.24, 2.45) is 10.8 Å². The number of carbonyl (C=O) groups is 1. The number of ether oxygens (including phenoxy) is 1. The zero-order chi connectivity index (χ0) is 22.1. The SMILES string of the molecule is CC1=C(/C=C\CC=O)Oc2ccccc2C(c2ccc(F)cc2)=N1.NN1CCCCC1. The van der Waals surface area contributed by atoms with Crippen molar-refractivity contribution in [2.45, 2.75) is 32.6 Å². The summed E-state index contributed by atoms with van der Waals surface area (Å²) in [4.78, 5) is 15.2. The number of fused-ring (bicyclic) bond motifs is 1. The highest BCUT2D eigenvalue weighted by atomic mass is 19.1. The standard InChI is InChI=1S/C20H16FNO2.C5H12N2/c1-14-18(7-4-5-13-23)24-19-8-3-2-6-17(19)20(22-14)15-9-11-16(21)12-10-15;6-7-4-2-1-3-5-7/h2-4,6-13H,5H2,1H3;1-6H2/b7-4-;. The van der Waals surface area contributed by atoms with Gasteiger partial charge in [-0.3, -0.25) is 5.84 Å². The summed E-state index contributed by atoms with van der Waals surface area (Å²) in [6.07, 6.45) is 8.56. The first kappa shape index (κ1) is 22.6. The van der Waals surface area contributed by atoms with E-state index in [1.54, 1.807) is 24.3 Å². The van der Waals surface area contributed by atoms with Crippen LogP contribution in [0.4, 0.5) is 4.39 Å². The van der Waals surface area contributed by atoms with E-state index in [1.807, 2.05) is 36.2 Å². The molecule has 0 bridgehead atoms. The molecule has 2 aromatic rings. The molecule has 2 aliphatic heterocycles. The maximum Gasteiger partial charge on any atom is 0.148 e. The van der Waals surface area contributed by atoms with Gasteiger partial charge >= 0.3 is 0 Å². The number of hydrazine groups is 1. The molecule has 5 nitrogen and oxygen atoms in total. The van der Waals surface area contributed by atoms with Gasteiger partial charge in [-0.1, -0.05) is 24.6 Å². The van der Waals surface area contributed by atoms with Crippen LogP contribution in [-0.4, -0.2) is 30.1 Å². The molecule has 2 N–H and O–H groups in total. The molecule has 1 fully saturated rings. The van der Waals surface area contributed by atoms with Crippen LogP contribution in [0.15, 0.2) is 77.1 Å². The van der Waals surface area contributed by atoms with Crippen LogP contribution in [0.3, 0.4) is 0 Å². The summed E-state index contributed by atoms with van der Waals surface area (Å²) in [5.41, 5.74) is 3.06. The van der Waals surface area contributed by atoms with Crippen LogP contribution >= 0.6 is 0 Å². The zero-order valence-corrected chi connectivity index (χ0v) is 17.8. The molecule has 2 aromatic carbocycles. The number of aliphatic imine (C=N–C) groups is 1. The number of hydrogen-bond donors (Lipinski definition) is 1. The lowest BCUT2D eigenvalue weighted by Crippen LogP contribution is -2.35. The average Bonchev–Trinajstić information content (AvgIpc) is 2.92. The Labute approximate surface area is 182 Å². The van der Waals surface area contributed by atoms with Crippen molar-refractivity contribution >= 4 is 12.0 Å². The number of carbonyl (C=O) groups excluding carboxylic acids is 1. The van der Waals surface area contributed by atoms with E-state index < -0.39 is 0 Å². The van der Waals surface area contributed by atoms with E-state index in [-0.39, 0.29) is 5.82 Å². The third-order valence-corrected chi connectivity index (χ3v) is 5.01. The Morgan fingerprint density at radius 3 is 2.45 bits per heavy atom. The van der Waals surface area contributed by atoms with E-state index in [0.717, 1.165) is 36.2 Å². The Hall–Kier alpha value is -3.09. The first-order valence-electron chi connectivity index (χ1n) is 10.5. The molecule has 4 rings (SSSR count). The first-order chi connectivity index (χ1) is 15.1. The molecule has 0 radical (unpaired) electrons. The van der Waals surface area contributed by atoms with Crippen LogP contribution in [-0.2, 0) is 4.79 Å². The monoisotopic (exact) mass is 421 g/mol. The topological polar surface area (TPSA) is 67.9 Å². The Kier molecular flexibility index (Phi) is 8.27. The number of nitrogens with zero attached hydrogens (tertiary/aromatic N) is 2. The second-order valence-corrected chi connectivity index (χ2v) is 7.42. The fourth-order valence-electron chi connectivity index (χ4n) is 3.36. The van der Waals surface area contributed by atoms with Crippen LogP contribution in [0, 0.1) is 5.82 Å². The number of nitrogens with two attached hydrogens (primary N) is 1. The largest absolute Gasteiger partial charge is 0.455 e. The zero-order valence-electron chi connectivity index (χ0n) is 17.8. The van der Waals surface area contributed by atoms with E-state index in [9.17, 15) is 9.18 Å². The molecule has 2 aliphatic rings. The van der Waals surface area contributed by atoms with Gasteiger partial charge in [0, 0.05) is 30.6 Å². The van der Waals surface area contributed by atoms with E-state index in [0.29, 0.717) is 23.6 Å². The second kappa shape index (κ2) is 11.3. The molecule has 162 valence electrons. The molecule has 6 heteroatoms. The van der Waals surface area contributed by atoms with Crippen molar-refractivity contribution in [2.75, 3.05) is 13.1 Å². The summed E-state index contributed by atoms with van der Waals surface area (Å²) < 4.78 is 19.2. The lowest BCUT2D eigenvalue weighted by molar-refractivity contribution is -0.107. The molecule has 0 unspecified atom stereocenters. The fraction of sp³-hybridized carbons (Fsp3) is 0.280. The number of halogens is 1. The van der Waals surface area contributed by atoms with Gasteiger partial charge in [-0.05, 0) is 62.2 Å². The van der Waals surface area contributed by atoms with Crippen molar-refractivity contribution < 1.29 is 13.9 Å². The summed E-state index contributed by atoms with van der Waals surface area (Å²) in [5, 5.41) is 1.89. The molecule has 0 aromatic heterocycles. The summed E-state index contributed by atoms with van der Waals surface area (Å²) in [7, 11) is 0. The Bertz CT molecular complexity index is 975. The number of hydrogen-bond acceptors (Lipinski definition) is 5. The molecule has 0 atom stereocenters. The van der Waals surface area contributed by atoms with Gasteiger partial charge in [0.2, 0.25) is 0 Å². The lowest BCUT2D eigenvalue weighted by atomic mass is 10.0. The fourth-order valence-corrected chi connectivity index (χ4v) is 3.36. The number of piperidine rings is 1. The molecule has 0 spiro atoms. The number of para-hydroxylation sites is 1. The number of aldehydes is 1. The normalized spacial score (nSPS) is 16.5. The molecule has 0 aliphatic carbocycles. The van der Waals surface area contributed by atoms with Crippen molar-refractivity contribution in [3.8, 4) is 5.75 Å². The summed E-state index contributed by atoms with van der Waals surface area (Å²) in [6, 6.07) is 13.8. The van der Waals surface area contributed by atoms with Gasteiger partial charge in [0.1, 0.15) is 23.6 Å². The minimum atomic E-state index is -0.290. The maximum absolute atomic E-state index is 13.2. The lowest BCUT2D eigenvalue weighted by Gasteiger charge is -2.20. The number of rotatable bonds is 4. The molecule has 0 amide bonds. The predicted octanol–water partition coefficient (Wildman–Crippen LogP) is 4.78. The highest BCUT2D eigenvalue weighted by Crippen LogP contribution is 2.29. The van der Waals surface area contributed by atoms with Gasteiger partial charge in [-0.2, -0.15) is 0 Å². The van der Waals surface area contributed by atoms with Crippen LogP contribution in [0.5, 0.6) is 5.75 Å². The van der Waals surface area contributed by atoms with E-state index in [1.165, 1.54) is 31.4 Å². The van der Waals surface area contributed by atoms with Crippen LogP contribution in [0.1, 0.15) is 43.7 Å². The predicted molar refractivity (Wildman–Crippen MR) is 121 cm³/mol. The summed E-state index contributed by atoms with van der Waals surface area (Å²) in [5.74, 6) is 6.43. The molecule has 2 heterocycles. The van der Waals surface area contributed by atoms with Crippen molar-refractivity contribution in [3.63, 3.8) is 0 Å². The third-order valence-electron chi connectivity index (χ3n) is 5.01. The van der Waals surface area contributed by atoms with Crippen molar-refractivity contribution in [3.05, 3.63) is 89.1 Å². The van der Waals surface area contributed by atoms with Gasteiger partial charge < -0.3 is 9.53 Å². The Morgan fingerprint density at radius 2 is 1.81 bits per heavy atom. The Balaban J connectivity index is 0.000000330. The van der Waals surface area contributed by atoms with E-state index in [2.05, 4.69) is 4.99 Å². The van der Waals surface area contributed by atoms with Gasteiger partial charge in [-0.25, -0.2) is 14.4 Å². The average molecular weight is 422 g/mol. The van der Waals surface area contributed by atoms with E-state index in [4.69, 9.17) is 10.6 Å². The quantitative estimate of drug-likeness (QED) is 0.570. The highest BCUT2D eigenvalue weighted by molar-refractivity contribution is 6.15. The minimum absolute atomic E-state index is 0.290. The molecule has 0 saturated carbocycles. The third kappa shape index (κ3) is 6.44. The van der Waals surface area contributed by atoms with Gasteiger partial charge in [0.05, 0.1) is 11.4 Å². The number of allylic oxidation sites excluding steroid dienone is 3. The van der Waals surface area contributed by atoms with Gasteiger partial charge in [0.15, 0.2) is 0 Å². The first-order valence-corrected chi connectivity index (χ1v) is 10.5. The Morgan fingerprint density at radius 1 is 1.10 bits per heavy atom. The molecule has 31 heavy (non-hydrogen) atoms. The highest BCUT2D eigenvalue weighted by Gasteiger charge is 2.18. The van der Waals surface area contributed by atoms with Crippen molar-refractivity contribution in [1.29, 1.82) is 0 Å². The van der Waals surface area contributed by atoms with Crippen LogP contribution in [0.25, 0.3) is 0 Å². The second-order valence-electron chi connectivity index (χ2n) is 7.42. The van der Waals surface area contributed by atoms with Gasteiger partial charge in [0.25, 0.3) is 0 Å². The smallest absolute Gasteiger partial charge is 0.148 e. The maximum atomic E-state index is 13.2. The molecule has 1 saturated heterocycles. The molecular formula is C25H28FN3O2. The van der Waals surface area contributed by atoms with Gasteiger partial charge in [-0.15, -0.1) is 0 Å². The van der Waals surface area contributed by atoms with Crippen LogP contribution in [0.2, 0.25) is 0 Å². The minimum Gasteiger partial charge on any atom is -0.455 e. The number of benzene rings is 2. The van der Waals surface area contributed by atoms with E-state index >= 15 is 0 Å². The summed E-state index contributed by atoms with van der Waals surface area (Å²) in [6.45, 7) is 4.04. The van der Waals surface area contributed by atoms with Crippen molar-refractivity contribution in [1.82, 2.24) is 5.01 Å². The van der Waals surface area contributed by atoms with Crippen LogP contribution < -0.4 is 10.6 Å².